The number of hydrogen-bond donors (Lipinski definition) is 7. The summed E-state index contributed by atoms with van der Waals surface area (Å²) < 4.78 is 0. The Balaban J connectivity index is 1.54. The first-order valence-electron chi connectivity index (χ1n) is 10.2. The van der Waals surface area contributed by atoms with Crippen LogP contribution >= 0.6 is 0 Å². The van der Waals surface area contributed by atoms with Gasteiger partial charge in [0.25, 0.3) is 0 Å². The largest absolute Gasteiger partial charge is 0.480 e. The number of nitrogens with one attached hydrogen (secondary N) is 6. The first kappa shape index (κ1) is 22.9. The van der Waals surface area contributed by atoms with Crippen molar-refractivity contribution >= 4 is 23.7 Å². The zero-order chi connectivity index (χ0) is 22.9. The Morgan fingerprint density at radius 2 is 1.69 bits per heavy atom. The van der Waals surface area contributed by atoms with Crippen LogP contribution in [0.3, 0.4) is 0 Å². The molecule has 0 spiro atoms. The monoisotopic (exact) mass is 446 g/mol. The number of amides is 3. The number of carboxylic acid groups (broad SMARTS) is 1. The molecule has 3 heterocycles. The Hall–Kier alpha value is -3.74. The van der Waals surface area contributed by atoms with Crippen molar-refractivity contribution < 1.29 is 24.3 Å². The molecule has 13 nitrogen and oxygen atoms in total. The molecule has 1 aliphatic rings. The van der Waals surface area contributed by atoms with E-state index in [0.717, 1.165) is 13.0 Å². The van der Waals surface area contributed by atoms with Gasteiger partial charge in [-0.2, -0.15) is 0 Å². The predicted octanol–water partition coefficient (Wildman–Crippen LogP) is -2.16. The average Bonchev–Trinajstić information content (AvgIpc) is 3.54. The number of rotatable bonds is 11. The van der Waals surface area contributed by atoms with Gasteiger partial charge in [-0.1, -0.05) is 0 Å². The molecule has 0 bridgehead atoms. The van der Waals surface area contributed by atoms with Crippen LogP contribution in [0.25, 0.3) is 0 Å². The SMILES string of the molecule is O=C(CNC(=O)C(Cc1cnc[nH]1)NC(=O)C1CCCN1)NC(Cc1cnc[nH]1)C(=O)O. The molecule has 3 unspecified atom stereocenters. The fourth-order valence-electron chi connectivity index (χ4n) is 3.36. The fraction of sp³-hybridized carbons (Fsp3) is 0.474. The molecule has 1 saturated heterocycles. The van der Waals surface area contributed by atoms with Gasteiger partial charge in [-0.25, -0.2) is 14.8 Å². The highest BCUT2D eigenvalue weighted by atomic mass is 16.4. The number of carbonyl (C=O) groups is 4. The Bertz CT molecular complexity index is 908. The van der Waals surface area contributed by atoms with Gasteiger partial charge in [0.05, 0.1) is 25.2 Å². The minimum Gasteiger partial charge on any atom is -0.480 e. The standard InChI is InChI=1S/C19H26N8O5/c28-16(26-15(19(31)32)5-12-7-21-10-25-12)8-23-17(29)14(4-11-6-20-9-24-11)27-18(30)13-2-1-3-22-13/h6-7,9-10,13-15,22H,1-5,8H2,(H,20,24)(H,21,25)(H,23,29)(H,26,28)(H,27,30)(H,31,32). The highest BCUT2D eigenvalue weighted by Crippen LogP contribution is 2.06. The van der Waals surface area contributed by atoms with Crippen molar-refractivity contribution in [2.24, 2.45) is 0 Å². The zero-order valence-electron chi connectivity index (χ0n) is 17.3. The molecule has 2 aromatic heterocycles. The molecule has 7 N–H and O–H groups in total. The van der Waals surface area contributed by atoms with Gasteiger partial charge >= 0.3 is 5.97 Å². The van der Waals surface area contributed by atoms with Crippen LogP contribution in [-0.2, 0) is 32.0 Å². The average molecular weight is 446 g/mol. The van der Waals surface area contributed by atoms with E-state index in [2.05, 4.69) is 41.2 Å². The molecule has 0 aromatic carbocycles. The number of H-pyrrole nitrogens is 2. The highest BCUT2D eigenvalue weighted by Gasteiger charge is 2.28. The third-order valence-electron chi connectivity index (χ3n) is 5.02. The molecule has 3 amide bonds. The molecule has 13 heteroatoms. The van der Waals surface area contributed by atoms with Gasteiger partial charge < -0.3 is 36.3 Å². The van der Waals surface area contributed by atoms with E-state index in [0.29, 0.717) is 17.8 Å². The lowest BCUT2D eigenvalue weighted by atomic mass is 10.1. The summed E-state index contributed by atoms with van der Waals surface area (Å²) in [4.78, 5) is 62.2. The molecular weight excluding hydrogens is 420 g/mol. The molecule has 0 aliphatic carbocycles. The maximum absolute atomic E-state index is 12.7. The second kappa shape index (κ2) is 11.0. The van der Waals surface area contributed by atoms with Gasteiger partial charge in [0.2, 0.25) is 17.7 Å². The van der Waals surface area contributed by atoms with Crippen LogP contribution in [0.15, 0.2) is 25.0 Å². The summed E-state index contributed by atoms with van der Waals surface area (Å²) in [6.45, 7) is 0.293. The van der Waals surface area contributed by atoms with Gasteiger partial charge in [0.15, 0.2) is 0 Å². The second-order valence-electron chi connectivity index (χ2n) is 7.45. The number of nitrogens with zero attached hydrogens (tertiary/aromatic N) is 2. The van der Waals surface area contributed by atoms with Crippen LogP contribution in [0.5, 0.6) is 0 Å². The minimum absolute atomic E-state index is 0.0158. The molecular formula is C19H26N8O5. The number of imidazole rings is 2. The Morgan fingerprint density at radius 3 is 2.22 bits per heavy atom. The summed E-state index contributed by atoms with van der Waals surface area (Å²) in [6.07, 6.45) is 7.60. The van der Waals surface area contributed by atoms with Crippen LogP contribution in [0.1, 0.15) is 24.2 Å². The van der Waals surface area contributed by atoms with E-state index in [4.69, 9.17) is 0 Å². The zero-order valence-corrected chi connectivity index (χ0v) is 17.3. The third kappa shape index (κ3) is 6.63. The number of aromatic amines is 2. The van der Waals surface area contributed by atoms with Crippen LogP contribution in [0.2, 0.25) is 0 Å². The van der Waals surface area contributed by atoms with Crippen molar-refractivity contribution in [3.8, 4) is 0 Å². The van der Waals surface area contributed by atoms with E-state index >= 15 is 0 Å². The minimum atomic E-state index is -1.22. The molecule has 2 aromatic rings. The Labute approximate surface area is 183 Å². The van der Waals surface area contributed by atoms with Crippen molar-refractivity contribution in [3.63, 3.8) is 0 Å². The number of carboxylic acids is 1. The molecule has 1 fully saturated rings. The third-order valence-corrected chi connectivity index (χ3v) is 5.02. The number of hydrogen-bond acceptors (Lipinski definition) is 7. The molecule has 0 radical (unpaired) electrons. The first-order valence-corrected chi connectivity index (χ1v) is 10.2. The van der Waals surface area contributed by atoms with Gasteiger partial charge in [-0.15, -0.1) is 0 Å². The quantitative estimate of drug-likeness (QED) is 0.203. The molecule has 1 aliphatic heterocycles. The summed E-state index contributed by atoms with van der Waals surface area (Å²) in [5, 5.41) is 19.9. The van der Waals surface area contributed by atoms with E-state index in [1.807, 2.05) is 0 Å². The van der Waals surface area contributed by atoms with E-state index in [1.165, 1.54) is 18.9 Å². The van der Waals surface area contributed by atoms with Crippen LogP contribution in [0.4, 0.5) is 0 Å². The Kier molecular flexibility index (Phi) is 7.91. The van der Waals surface area contributed by atoms with Crippen molar-refractivity contribution in [3.05, 3.63) is 36.4 Å². The summed E-state index contributed by atoms with van der Waals surface area (Å²) in [7, 11) is 0. The van der Waals surface area contributed by atoms with E-state index < -0.39 is 36.4 Å². The van der Waals surface area contributed by atoms with E-state index in [9.17, 15) is 24.3 Å². The van der Waals surface area contributed by atoms with Gasteiger partial charge in [-0.3, -0.25) is 14.4 Å². The summed E-state index contributed by atoms with van der Waals surface area (Å²) >= 11 is 0. The topological polar surface area (TPSA) is 194 Å². The molecule has 3 rings (SSSR count). The number of aromatic nitrogens is 4. The number of aliphatic carboxylic acids is 1. The molecule has 0 saturated carbocycles. The normalized spacial score (nSPS) is 17.3. The highest BCUT2D eigenvalue weighted by molar-refractivity contribution is 5.92. The predicted molar refractivity (Wildman–Crippen MR) is 110 cm³/mol. The number of carbonyl (C=O) groups excluding carboxylic acids is 3. The van der Waals surface area contributed by atoms with Crippen molar-refractivity contribution in [1.82, 2.24) is 41.2 Å². The summed E-state index contributed by atoms with van der Waals surface area (Å²) in [6, 6.07) is -2.48. The van der Waals surface area contributed by atoms with E-state index in [-0.39, 0.29) is 24.8 Å². The first-order chi connectivity index (χ1) is 15.4. The second-order valence-corrected chi connectivity index (χ2v) is 7.45. The maximum Gasteiger partial charge on any atom is 0.326 e. The van der Waals surface area contributed by atoms with Gasteiger partial charge in [-0.05, 0) is 19.4 Å². The Morgan fingerprint density at radius 1 is 1.03 bits per heavy atom. The van der Waals surface area contributed by atoms with Crippen LogP contribution in [-0.4, -0.2) is 79.9 Å². The van der Waals surface area contributed by atoms with Crippen molar-refractivity contribution in [1.29, 1.82) is 0 Å². The molecule has 172 valence electrons. The molecule has 32 heavy (non-hydrogen) atoms. The van der Waals surface area contributed by atoms with Crippen molar-refractivity contribution in [2.45, 2.75) is 43.8 Å². The fourth-order valence-corrected chi connectivity index (χ4v) is 3.36. The smallest absolute Gasteiger partial charge is 0.326 e. The van der Waals surface area contributed by atoms with Crippen LogP contribution < -0.4 is 21.3 Å². The van der Waals surface area contributed by atoms with Crippen molar-refractivity contribution in [2.75, 3.05) is 13.1 Å². The summed E-state index contributed by atoms with van der Waals surface area (Å²) in [5.74, 6) is -2.75. The maximum atomic E-state index is 12.7. The van der Waals surface area contributed by atoms with Gasteiger partial charge in [0.1, 0.15) is 12.1 Å². The van der Waals surface area contributed by atoms with Crippen LogP contribution in [0, 0.1) is 0 Å². The lowest BCUT2D eigenvalue weighted by molar-refractivity contribution is -0.141. The van der Waals surface area contributed by atoms with Gasteiger partial charge in [0, 0.05) is 36.6 Å². The van der Waals surface area contributed by atoms with E-state index in [1.54, 1.807) is 6.20 Å². The summed E-state index contributed by atoms with van der Waals surface area (Å²) in [5.41, 5.74) is 1.18. The lowest BCUT2D eigenvalue weighted by Crippen LogP contribution is -2.54. The lowest BCUT2D eigenvalue weighted by Gasteiger charge is -2.20. The molecule has 3 atom stereocenters.